The smallest absolute Gasteiger partial charge is 0.243 e. The first kappa shape index (κ1) is 29.9. The van der Waals surface area contributed by atoms with E-state index in [1.165, 1.54) is 11.3 Å². The van der Waals surface area contributed by atoms with Crippen molar-refractivity contribution in [2.45, 2.75) is 50.1 Å². The SMILES string of the molecule is NC(N)=NCCCC(NC(=O)[C@@H]1CCCN1C(=O)CC(c1ccccc1)c1ccccc1)C(=O)c1nc2ccccc2s1. The highest BCUT2D eigenvalue weighted by Gasteiger charge is 2.37. The predicted molar refractivity (Wildman–Crippen MR) is 170 cm³/mol. The van der Waals surface area contributed by atoms with Crippen LogP contribution in [-0.2, 0) is 9.59 Å². The van der Waals surface area contributed by atoms with E-state index in [4.69, 9.17) is 11.5 Å². The average molecular weight is 597 g/mol. The van der Waals surface area contributed by atoms with Crippen LogP contribution in [0.3, 0.4) is 0 Å². The summed E-state index contributed by atoms with van der Waals surface area (Å²) in [5.74, 6) is -0.839. The molecule has 0 saturated carbocycles. The fraction of sp³-hybridized carbons (Fsp3) is 0.303. The number of carbonyl (C=O) groups is 3. The number of nitrogens with two attached hydrogens (primary N) is 2. The highest BCUT2D eigenvalue weighted by atomic mass is 32.1. The van der Waals surface area contributed by atoms with Crippen molar-refractivity contribution in [3.8, 4) is 0 Å². The Kier molecular flexibility index (Phi) is 9.78. The number of thiazole rings is 1. The number of para-hydroxylation sites is 1. The number of nitrogens with one attached hydrogen (secondary N) is 1. The average Bonchev–Trinajstić information content (AvgIpc) is 3.70. The number of hydrogen-bond acceptors (Lipinski definition) is 6. The summed E-state index contributed by atoms with van der Waals surface area (Å²) in [7, 11) is 0. The Labute approximate surface area is 255 Å². The highest BCUT2D eigenvalue weighted by Crippen LogP contribution is 2.30. The molecule has 0 aliphatic carbocycles. The zero-order valence-corrected chi connectivity index (χ0v) is 24.7. The van der Waals surface area contributed by atoms with E-state index in [1.807, 2.05) is 84.9 Å². The number of rotatable bonds is 12. The number of guanidine groups is 1. The van der Waals surface area contributed by atoms with Gasteiger partial charge in [-0.2, -0.15) is 0 Å². The van der Waals surface area contributed by atoms with Crippen LogP contribution in [0.2, 0.25) is 0 Å². The molecule has 43 heavy (non-hydrogen) atoms. The van der Waals surface area contributed by atoms with Gasteiger partial charge in [0.25, 0.3) is 0 Å². The largest absolute Gasteiger partial charge is 0.370 e. The van der Waals surface area contributed by atoms with Gasteiger partial charge in [0.05, 0.1) is 16.3 Å². The summed E-state index contributed by atoms with van der Waals surface area (Å²) in [5.41, 5.74) is 13.8. The maximum absolute atomic E-state index is 13.8. The Morgan fingerprint density at radius 1 is 0.953 bits per heavy atom. The number of likely N-dealkylation sites (tertiary alicyclic amines) is 1. The van der Waals surface area contributed by atoms with Gasteiger partial charge in [-0.1, -0.05) is 72.8 Å². The molecule has 3 aromatic carbocycles. The molecule has 2 heterocycles. The van der Waals surface area contributed by atoms with E-state index in [9.17, 15) is 14.4 Å². The molecule has 2 atom stereocenters. The van der Waals surface area contributed by atoms with Crippen LogP contribution in [0, 0.1) is 0 Å². The molecule has 1 aromatic heterocycles. The van der Waals surface area contributed by atoms with E-state index in [-0.39, 0.29) is 35.9 Å². The van der Waals surface area contributed by atoms with Crippen molar-refractivity contribution in [1.29, 1.82) is 0 Å². The minimum Gasteiger partial charge on any atom is -0.370 e. The van der Waals surface area contributed by atoms with Crippen LogP contribution in [0.5, 0.6) is 0 Å². The van der Waals surface area contributed by atoms with E-state index < -0.39 is 12.1 Å². The number of nitrogens with zero attached hydrogens (tertiary/aromatic N) is 3. The standard InChI is InChI=1S/C33H36N6O3S/c34-33(35)36-19-9-16-26(30(41)32-38-25-15-7-8-18-28(25)43-32)37-31(42)27-17-10-20-39(27)29(40)21-24(22-11-3-1-4-12-22)23-13-5-2-6-14-23/h1-8,11-15,18,24,26-27H,9-10,16-17,19-21H2,(H,37,42)(H4,34,35,36)/t26?,27-/m0/s1. The molecular weight excluding hydrogens is 560 g/mol. The quantitative estimate of drug-likeness (QED) is 0.0967. The minimum atomic E-state index is -0.818. The number of carbonyl (C=O) groups excluding carboxylic acids is 3. The number of amides is 2. The van der Waals surface area contributed by atoms with Gasteiger partial charge in [-0.05, 0) is 48.9 Å². The number of benzene rings is 3. The van der Waals surface area contributed by atoms with Crippen LogP contribution >= 0.6 is 11.3 Å². The Hall–Kier alpha value is -4.57. The molecule has 1 aliphatic rings. The van der Waals surface area contributed by atoms with Gasteiger partial charge in [0.15, 0.2) is 11.0 Å². The molecule has 0 bridgehead atoms. The van der Waals surface area contributed by atoms with E-state index in [1.54, 1.807) is 4.90 Å². The van der Waals surface area contributed by atoms with E-state index in [0.717, 1.165) is 21.3 Å². The van der Waals surface area contributed by atoms with Crippen LogP contribution in [0.25, 0.3) is 10.2 Å². The van der Waals surface area contributed by atoms with Crippen LogP contribution in [-0.4, -0.2) is 58.6 Å². The number of aliphatic imine (C=N–C) groups is 1. The lowest BCUT2D eigenvalue weighted by Crippen LogP contribution is -2.51. The van der Waals surface area contributed by atoms with Gasteiger partial charge in [0, 0.05) is 25.4 Å². The van der Waals surface area contributed by atoms with Crippen LogP contribution in [0.15, 0.2) is 89.9 Å². The van der Waals surface area contributed by atoms with Crippen molar-refractivity contribution in [1.82, 2.24) is 15.2 Å². The molecule has 1 aliphatic heterocycles. The lowest BCUT2D eigenvalue weighted by Gasteiger charge is -2.28. The van der Waals surface area contributed by atoms with Crippen molar-refractivity contribution < 1.29 is 14.4 Å². The molecular formula is C33H36N6O3S. The summed E-state index contributed by atoms with van der Waals surface area (Å²) in [4.78, 5) is 51.3. The molecule has 5 rings (SSSR count). The topological polar surface area (TPSA) is 144 Å². The fourth-order valence-electron chi connectivity index (χ4n) is 5.60. The number of aromatic nitrogens is 1. The summed E-state index contributed by atoms with van der Waals surface area (Å²) in [5, 5.41) is 3.30. The maximum atomic E-state index is 13.8. The third-order valence-electron chi connectivity index (χ3n) is 7.74. The Morgan fingerprint density at radius 3 is 2.26 bits per heavy atom. The predicted octanol–water partition coefficient (Wildman–Crippen LogP) is 4.23. The van der Waals surface area contributed by atoms with Crippen molar-refractivity contribution in [2.24, 2.45) is 16.5 Å². The van der Waals surface area contributed by atoms with Gasteiger partial charge >= 0.3 is 0 Å². The van der Waals surface area contributed by atoms with Crippen LogP contribution in [0.4, 0.5) is 0 Å². The summed E-state index contributed by atoms with van der Waals surface area (Å²) >= 11 is 1.30. The zero-order chi connectivity index (χ0) is 30.2. The van der Waals surface area contributed by atoms with Gasteiger partial charge < -0.3 is 21.7 Å². The van der Waals surface area contributed by atoms with Crippen molar-refractivity contribution in [2.75, 3.05) is 13.1 Å². The summed E-state index contributed by atoms with van der Waals surface area (Å²) < 4.78 is 0.899. The van der Waals surface area contributed by atoms with Crippen molar-refractivity contribution in [3.05, 3.63) is 101 Å². The number of fused-ring (bicyclic) bond motifs is 1. The second-order valence-corrected chi connectivity index (χ2v) is 11.7. The molecule has 9 nitrogen and oxygen atoms in total. The molecule has 5 N–H and O–H groups in total. The van der Waals surface area contributed by atoms with Gasteiger partial charge in [-0.25, -0.2) is 4.98 Å². The Balaban J connectivity index is 1.32. The van der Waals surface area contributed by atoms with E-state index in [0.29, 0.717) is 43.8 Å². The molecule has 1 fully saturated rings. The second kappa shape index (κ2) is 14.1. The molecule has 1 saturated heterocycles. The van der Waals surface area contributed by atoms with E-state index in [2.05, 4.69) is 15.3 Å². The summed E-state index contributed by atoms with van der Waals surface area (Å²) in [6.07, 6.45) is 2.32. The molecule has 2 amide bonds. The molecule has 4 aromatic rings. The van der Waals surface area contributed by atoms with Crippen LogP contribution in [0.1, 0.15) is 59.0 Å². The zero-order valence-electron chi connectivity index (χ0n) is 23.9. The van der Waals surface area contributed by atoms with Crippen molar-refractivity contribution >= 4 is 45.1 Å². The first-order valence-corrected chi connectivity index (χ1v) is 15.4. The van der Waals surface area contributed by atoms with Gasteiger partial charge in [0.2, 0.25) is 17.6 Å². The second-order valence-electron chi connectivity index (χ2n) is 10.7. The summed E-state index contributed by atoms with van der Waals surface area (Å²) in [6, 6.07) is 26.0. The third kappa shape index (κ3) is 7.45. The van der Waals surface area contributed by atoms with Crippen LogP contribution < -0.4 is 16.8 Å². The first-order chi connectivity index (χ1) is 20.9. The Morgan fingerprint density at radius 2 is 1.60 bits per heavy atom. The molecule has 0 radical (unpaired) electrons. The maximum Gasteiger partial charge on any atom is 0.243 e. The third-order valence-corrected chi connectivity index (χ3v) is 8.79. The Bertz CT molecular complexity index is 1510. The lowest BCUT2D eigenvalue weighted by molar-refractivity contribution is -0.138. The number of ketones is 1. The first-order valence-electron chi connectivity index (χ1n) is 14.6. The highest BCUT2D eigenvalue weighted by molar-refractivity contribution is 7.20. The molecule has 222 valence electrons. The normalized spacial score (nSPS) is 15.4. The summed E-state index contributed by atoms with van der Waals surface area (Å²) in [6.45, 7) is 0.824. The lowest BCUT2D eigenvalue weighted by atomic mass is 9.88. The fourth-order valence-corrected chi connectivity index (χ4v) is 6.56. The van der Waals surface area contributed by atoms with Gasteiger partial charge in [-0.15, -0.1) is 11.3 Å². The minimum absolute atomic E-state index is 0.0255. The molecule has 10 heteroatoms. The van der Waals surface area contributed by atoms with Gasteiger partial charge in [-0.3, -0.25) is 19.4 Å². The molecule has 1 unspecified atom stereocenters. The van der Waals surface area contributed by atoms with E-state index >= 15 is 0 Å². The monoisotopic (exact) mass is 596 g/mol. The molecule has 0 spiro atoms. The van der Waals surface area contributed by atoms with Gasteiger partial charge in [0.1, 0.15) is 6.04 Å². The number of Topliss-reactive ketones (excluding diaryl/α,β-unsaturated/α-hetero) is 1. The number of hydrogen-bond donors (Lipinski definition) is 3. The van der Waals surface area contributed by atoms with Crippen molar-refractivity contribution in [3.63, 3.8) is 0 Å².